The quantitative estimate of drug-likeness (QED) is 0.872. The lowest BCUT2D eigenvalue weighted by molar-refractivity contribution is -0.127. The minimum absolute atomic E-state index is 0.160. The van der Waals surface area contributed by atoms with Gasteiger partial charge in [0.1, 0.15) is 5.75 Å². The van der Waals surface area contributed by atoms with E-state index in [-0.39, 0.29) is 18.0 Å². The lowest BCUT2D eigenvalue weighted by atomic mass is 10.1. The lowest BCUT2D eigenvalue weighted by Gasteiger charge is -2.16. The van der Waals surface area contributed by atoms with Gasteiger partial charge in [-0.05, 0) is 63.1 Å². The van der Waals surface area contributed by atoms with Crippen molar-refractivity contribution in [2.75, 3.05) is 0 Å². The first-order valence-corrected chi connectivity index (χ1v) is 8.05. The minimum atomic E-state index is -0.685. The highest BCUT2D eigenvalue weighted by molar-refractivity contribution is 6.31. The summed E-state index contributed by atoms with van der Waals surface area (Å²) in [4.78, 5) is 26.9. The number of carbonyl (C=O) groups is 1. The maximum atomic E-state index is 12.2. The number of aromatic nitrogens is 1. The molecule has 0 radical (unpaired) electrons. The minimum Gasteiger partial charge on any atom is -0.481 e. The standard InChI is InChI=1S/C18H21ClN2O3/c1-10-7-12(3)21-18(23)15(10)9-20-17(22)13(4)24-14-5-6-16(19)11(2)8-14/h5-8,13H,9H2,1-4H3,(H,20,22)(H,21,23)/t13-/m1/s1. The van der Waals surface area contributed by atoms with Crippen molar-refractivity contribution in [2.45, 2.75) is 40.3 Å². The second kappa shape index (κ2) is 7.53. The molecule has 1 amide bonds. The molecule has 0 saturated carbocycles. The molecule has 1 aromatic heterocycles. The van der Waals surface area contributed by atoms with E-state index in [2.05, 4.69) is 10.3 Å². The van der Waals surface area contributed by atoms with Gasteiger partial charge < -0.3 is 15.0 Å². The third kappa shape index (κ3) is 4.38. The zero-order valence-corrected chi connectivity index (χ0v) is 15.0. The Labute approximate surface area is 146 Å². The van der Waals surface area contributed by atoms with Gasteiger partial charge in [-0.15, -0.1) is 0 Å². The average Bonchev–Trinajstić information content (AvgIpc) is 2.49. The molecule has 0 aliphatic rings. The van der Waals surface area contributed by atoms with Gasteiger partial charge in [-0.3, -0.25) is 9.59 Å². The van der Waals surface area contributed by atoms with Gasteiger partial charge in [0.05, 0.1) is 0 Å². The third-order valence-corrected chi connectivity index (χ3v) is 4.17. The molecule has 6 heteroatoms. The maximum absolute atomic E-state index is 12.2. The number of aromatic amines is 1. The summed E-state index contributed by atoms with van der Waals surface area (Å²) in [5, 5.41) is 3.38. The fourth-order valence-corrected chi connectivity index (χ4v) is 2.49. The molecule has 0 fully saturated rings. The van der Waals surface area contributed by atoms with Crippen molar-refractivity contribution < 1.29 is 9.53 Å². The van der Waals surface area contributed by atoms with Crippen molar-refractivity contribution in [1.29, 1.82) is 0 Å². The topological polar surface area (TPSA) is 71.2 Å². The number of rotatable bonds is 5. The summed E-state index contributed by atoms with van der Waals surface area (Å²) < 4.78 is 5.62. The van der Waals surface area contributed by atoms with E-state index in [0.29, 0.717) is 16.3 Å². The molecule has 2 N–H and O–H groups in total. The molecule has 0 aliphatic carbocycles. The van der Waals surface area contributed by atoms with E-state index in [4.69, 9.17) is 16.3 Å². The summed E-state index contributed by atoms with van der Waals surface area (Å²) >= 11 is 5.97. The van der Waals surface area contributed by atoms with Gasteiger partial charge >= 0.3 is 0 Å². The Morgan fingerprint density at radius 1 is 1.25 bits per heavy atom. The largest absolute Gasteiger partial charge is 0.481 e. The number of benzene rings is 1. The van der Waals surface area contributed by atoms with E-state index in [0.717, 1.165) is 16.8 Å². The van der Waals surface area contributed by atoms with Crippen LogP contribution in [0.2, 0.25) is 5.02 Å². The predicted octanol–water partition coefficient (Wildman–Crippen LogP) is 3.04. The van der Waals surface area contributed by atoms with Gasteiger partial charge in [-0.1, -0.05) is 11.6 Å². The first kappa shape index (κ1) is 18.1. The molecule has 1 aromatic carbocycles. The highest BCUT2D eigenvalue weighted by Gasteiger charge is 2.16. The molecule has 1 heterocycles. The second-order valence-electron chi connectivity index (χ2n) is 5.83. The maximum Gasteiger partial charge on any atom is 0.261 e. The molecule has 2 aromatic rings. The highest BCUT2D eigenvalue weighted by atomic mass is 35.5. The Balaban J connectivity index is 1.99. The number of nitrogens with one attached hydrogen (secondary N) is 2. The van der Waals surface area contributed by atoms with Crippen molar-refractivity contribution in [3.8, 4) is 5.75 Å². The first-order valence-electron chi connectivity index (χ1n) is 7.68. The van der Waals surface area contributed by atoms with Crippen LogP contribution in [0.3, 0.4) is 0 Å². The van der Waals surface area contributed by atoms with Crippen LogP contribution < -0.4 is 15.6 Å². The Morgan fingerprint density at radius 2 is 1.96 bits per heavy atom. The first-order chi connectivity index (χ1) is 11.3. The monoisotopic (exact) mass is 348 g/mol. The zero-order chi connectivity index (χ0) is 17.9. The molecule has 0 unspecified atom stereocenters. The molecule has 1 atom stereocenters. The van der Waals surface area contributed by atoms with Crippen molar-refractivity contribution in [2.24, 2.45) is 0 Å². The Morgan fingerprint density at radius 3 is 2.58 bits per heavy atom. The van der Waals surface area contributed by atoms with E-state index < -0.39 is 6.10 Å². The summed E-state index contributed by atoms with van der Waals surface area (Å²) in [5.74, 6) is 0.283. The van der Waals surface area contributed by atoms with E-state index in [1.165, 1.54) is 0 Å². The molecule has 5 nitrogen and oxygen atoms in total. The fourth-order valence-electron chi connectivity index (χ4n) is 2.37. The highest BCUT2D eigenvalue weighted by Crippen LogP contribution is 2.21. The number of H-pyrrole nitrogens is 1. The number of hydrogen-bond donors (Lipinski definition) is 2. The molecular formula is C18H21ClN2O3. The summed E-state index contributed by atoms with van der Waals surface area (Å²) in [6.07, 6.45) is -0.685. The fraction of sp³-hybridized carbons (Fsp3) is 0.333. The van der Waals surface area contributed by atoms with Gasteiger partial charge in [0.2, 0.25) is 0 Å². The molecule has 0 bridgehead atoms. The van der Waals surface area contributed by atoms with Crippen LogP contribution in [0.5, 0.6) is 5.75 Å². The summed E-state index contributed by atoms with van der Waals surface area (Å²) in [6.45, 7) is 7.35. The smallest absolute Gasteiger partial charge is 0.261 e. The van der Waals surface area contributed by atoms with Gasteiger partial charge in [0.25, 0.3) is 11.5 Å². The molecule has 128 valence electrons. The number of ether oxygens (including phenoxy) is 1. The van der Waals surface area contributed by atoms with Crippen LogP contribution >= 0.6 is 11.6 Å². The molecule has 0 saturated heterocycles. The van der Waals surface area contributed by atoms with Crippen molar-refractivity contribution >= 4 is 17.5 Å². The second-order valence-corrected chi connectivity index (χ2v) is 6.24. The SMILES string of the molecule is Cc1cc(C)c(CNC(=O)[C@@H](C)Oc2ccc(Cl)c(C)c2)c(=O)[nH]1. The third-order valence-electron chi connectivity index (χ3n) is 3.74. The Bertz CT molecular complexity index is 814. The lowest BCUT2D eigenvalue weighted by Crippen LogP contribution is -2.37. The van der Waals surface area contributed by atoms with Crippen LogP contribution in [0.4, 0.5) is 0 Å². The number of aryl methyl sites for hydroxylation is 3. The van der Waals surface area contributed by atoms with Crippen LogP contribution in [0, 0.1) is 20.8 Å². The van der Waals surface area contributed by atoms with Crippen LogP contribution in [0.1, 0.15) is 29.3 Å². The number of amides is 1. The number of pyridine rings is 1. The van der Waals surface area contributed by atoms with Gasteiger partial charge in [0.15, 0.2) is 6.10 Å². The van der Waals surface area contributed by atoms with Gasteiger partial charge in [-0.2, -0.15) is 0 Å². The van der Waals surface area contributed by atoms with Crippen LogP contribution in [0.25, 0.3) is 0 Å². The Kier molecular flexibility index (Phi) is 5.67. The van der Waals surface area contributed by atoms with Crippen molar-refractivity contribution in [3.63, 3.8) is 0 Å². The van der Waals surface area contributed by atoms with Gasteiger partial charge in [0, 0.05) is 22.8 Å². The van der Waals surface area contributed by atoms with Crippen molar-refractivity contribution in [3.05, 3.63) is 62.0 Å². The molecule has 0 aliphatic heterocycles. The van der Waals surface area contributed by atoms with Crippen LogP contribution in [-0.2, 0) is 11.3 Å². The van der Waals surface area contributed by atoms with Crippen LogP contribution in [-0.4, -0.2) is 17.0 Å². The van der Waals surface area contributed by atoms with E-state index >= 15 is 0 Å². The summed E-state index contributed by atoms with van der Waals surface area (Å²) in [5.41, 5.74) is 2.88. The predicted molar refractivity (Wildman–Crippen MR) is 94.7 cm³/mol. The molecular weight excluding hydrogens is 328 g/mol. The molecule has 2 rings (SSSR count). The summed E-state index contributed by atoms with van der Waals surface area (Å²) in [6, 6.07) is 7.10. The average molecular weight is 349 g/mol. The number of carbonyl (C=O) groups excluding carboxylic acids is 1. The number of halogens is 1. The van der Waals surface area contributed by atoms with Crippen molar-refractivity contribution in [1.82, 2.24) is 10.3 Å². The molecule has 24 heavy (non-hydrogen) atoms. The number of hydrogen-bond acceptors (Lipinski definition) is 3. The van der Waals surface area contributed by atoms with E-state index in [1.807, 2.05) is 26.8 Å². The Hall–Kier alpha value is -2.27. The summed E-state index contributed by atoms with van der Waals surface area (Å²) in [7, 11) is 0. The zero-order valence-electron chi connectivity index (χ0n) is 14.2. The normalized spacial score (nSPS) is 11.9. The van der Waals surface area contributed by atoms with E-state index in [1.54, 1.807) is 25.1 Å². The molecule has 0 spiro atoms. The van der Waals surface area contributed by atoms with Gasteiger partial charge in [-0.25, -0.2) is 0 Å². The van der Waals surface area contributed by atoms with Crippen LogP contribution in [0.15, 0.2) is 29.1 Å². The van der Waals surface area contributed by atoms with E-state index in [9.17, 15) is 9.59 Å².